The number of nitrogens with one attached hydrogen (secondary N) is 1. The maximum absolute atomic E-state index is 14.3. The molecule has 14 heteroatoms. The van der Waals surface area contributed by atoms with Gasteiger partial charge in [0.1, 0.15) is 11.4 Å². The number of aromatic nitrogens is 2. The maximum atomic E-state index is 14.3. The number of ether oxygens (including phenoxy) is 3. The van der Waals surface area contributed by atoms with Gasteiger partial charge in [-0.2, -0.15) is 0 Å². The Bertz CT molecular complexity index is 1490. The molecule has 3 N–H and O–H groups in total. The molecule has 1 aromatic heterocycles. The molecular formula is C34H46BN5O8. The molecule has 1 aromatic carbocycles. The molecule has 5 fully saturated rings. The van der Waals surface area contributed by atoms with Gasteiger partial charge >= 0.3 is 7.12 Å². The van der Waals surface area contributed by atoms with Crippen molar-refractivity contribution in [1.82, 2.24) is 20.2 Å². The Kier molecular flexibility index (Phi) is 10.1. The molecule has 0 radical (unpaired) electrons. The molecule has 258 valence electrons. The molecule has 2 bridgehead atoms. The van der Waals surface area contributed by atoms with Gasteiger partial charge in [-0.25, -0.2) is 4.98 Å². The van der Waals surface area contributed by atoms with Crippen molar-refractivity contribution in [3.8, 4) is 5.75 Å². The molecule has 13 nitrogen and oxygen atoms in total. The number of primary amides is 1. The van der Waals surface area contributed by atoms with Gasteiger partial charge in [-0.1, -0.05) is 26.0 Å². The molecule has 3 amide bonds. The number of nitrogens with zero attached hydrogens (tertiary/aromatic N) is 3. The van der Waals surface area contributed by atoms with Crippen molar-refractivity contribution in [1.29, 1.82) is 0 Å². The van der Waals surface area contributed by atoms with Crippen LogP contribution in [0.25, 0.3) is 0 Å². The number of methoxy groups -OCH3 is 1. The number of benzene rings is 1. The van der Waals surface area contributed by atoms with Crippen LogP contribution in [0.4, 0.5) is 0 Å². The van der Waals surface area contributed by atoms with Crippen LogP contribution in [0.3, 0.4) is 0 Å². The highest BCUT2D eigenvalue weighted by Crippen LogP contribution is 2.65. The van der Waals surface area contributed by atoms with E-state index < -0.39 is 36.4 Å². The van der Waals surface area contributed by atoms with Crippen LogP contribution in [0.2, 0.25) is 0 Å². The topological polar surface area (TPSA) is 164 Å². The van der Waals surface area contributed by atoms with Crippen LogP contribution in [-0.2, 0) is 35.0 Å². The summed E-state index contributed by atoms with van der Waals surface area (Å²) in [4.78, 5) is 50.2. The van der Waals surface area contributed by atoms with E-state index in [1.54, 1.807) is 12.0 Å². The average Bonchev–Trinajstić information content (AvgIpc) is 3.46. The van der Waals surface area contributed by atoms with Crippen molar-refractivity contribution in [3.63, 3.8) is 0 Å². The maximum Gasteiger partial charge on any atom is 0.481 e. The van der Waals surface area contributed by atoms with Gasteiger partial charge < -0.3 is 39.5 Å². The Labute approximate surface area is 281 Å². The first-order chi connectivity index (χ1) is 23.0. The standard InChI is InChI=1S/C34H46BN5O8/c1-33(2)22-17-25(33)34(3)26(18-22)47-35(48-34)27(9-14-46-20-21-5-7-23(44-4)8-6-21)39-32(43)24(19-28(41)40-12-15-45-16-13-40)29-30(31(36)42)38-11-10-37-29/h5-8,10-11,22,24-27H,9,12-20H2,1-4H3,(H2,36,42)(H,39,43)/t22-,24+,25-,26+,27-,34-/m0/s1. The molecule has 2 aliphatic heterocycles. The Morgan fingerprint density at radius 3 is 2.52 bits per heavy atom. The van der Waals surface area contributed by atoms with Crippen LogP contribution >= 0.6 is 0 Å². The lowest BCUT2D eigenvalue weighted by atomic mass is 9.43. The van der Waals surface area contributed by atoms with E-state index in [1.807, 2.05) is 24.3 Å². The summed E-state index contributed by atoms with van der Waals surface area (Å²) in [6.45, 7) is 9.02. The number of carbonyl (C=O) groups excluding carboxylic acids is 3. The number of morpholine rings is 1. The first-order valence-corrected chi connectivity index (χ1v) is 16.8. The summed E-state index contributed by atoms with van der Waals surface area (Å²) < 4.78 is 30.1. The van der Waals surface area contributed by atoms with Gasteiger partial charge in [0.25, 0.3) is 5.91 Å². The second-order valence-corrected chi connectivity index (χ2v) is 14.0. The van der Waals surface area contributed by atoms with Crippen molar-refractivity contribution in [2.24, 2.45) is 23.0 Å². The Morgan fingerprint density at radius 2 is 1.83 bits per heavy atom. The highest BCUT2D eigenvalue weighted by atomic mass is 16.7. The minimum atomic E-state index is -1.13. The van der Waals surface area contributed by atoms with E-state index in [0.29, 0.717) is 57.8 Å². The molecule has 5 aliphatic rings. The van der Waals surface area contributed by atoms with Gasteiger partial charge in [0.05, 0.1) is 56.2 Å². The molecule has 2 aromatic rings. The van der Waals surface area contributed by atoms with Crippen molar-refractivity contribution in [2.45, 2.75) is 76.6 Å². The van der Waals surface area contributed by atoms with Gasteiger partial charge in [0, 0.05) is 38.5 Å². The number of rotatable bonds is 13. The fourth-order valence-corrected chi connectivity index (χ4v) is 7.98. The summed E-state index contributed by atoms with van der Waals surface area (Å²) in [5.41, 5.74) is 6.17. The third-order valence-corrected chi connectivity index (χ3v) is 11.0. The van der Waals surface area contributed by atoms with Crippen LogP contribution < -0.4 is 15.8 Å². The zero-order valence-electron chi connectivity index (χ0n) is 28.2. The van der Waals surface area contributed by atoms with Crippen LogP contribution in [0.5, 0.6) is 5.75 Å². The summed E-state index contributed by atoms with van der Waals surface area (Å²) in [5, 5.41) is 3.12. The molecular weight excluding hydrogens is 617 g/mol. The molecule has 3 saturated carbocycles. The second kappa shape index (κ2) is 14.1. The third-order valence-electron chi connectivity index (χ3n) is 11.0. The third kappa shape index (κ3) is 6.80. The van der Waals surface area contributed by atoms with E-state index in [-0.39, 0.29) is 35.2 Å². The number of nitrogens with two attached hydrogens (primary N) is 1. The normalized spacial score (nSPS) is 27.0. The predicted octanol–water partition coefficient (Wildman–Crippen LogP) is 2.28. The van der Waals surface area contributed by atoms with Gasteiger partial charge in [0.15, 0.2) is 0 Å². The lowest BCUT2D eigenvalue weighted by Gasteiger charge is -2.64. The fraction of sp³-hybridized carbons (Fsp3) is 0.618. The number of hydrogen-bond acceptors (Lipinski definition) is 10. The monoisotopic (exact) mass is 663 g/mol. The molecule has 0 spiro atoms. The minimum absolute atomic E-state index is 0.0510. The average molecular weight is 664 g/mol. The molecule has 48 heavy (non-hydrogen) atoms. The molecule has 6 atom stereocenters. The number of amides is 3. The van der Waals surface area contributed by atoms with E-state index in [1.165, 1.54) is 12.4 Å². The van der Waals surface area contributed by atoms with E-state index in [2.05, 4.69) is 36.1 Å². The Morgan fingerprint density at radius 1 is 1.10 bits per heavy atom. The summed E-state index contributed by atoms with van der Waals surface area (Å²) in [7, 11) is 0.882. The van der Waals surface area contributed by atoms with E-state index in [4.69, 9.17) is 29.3 Å². The van der Waals surface area contributed by atoms with Gasteiger partial charge in [-0.3, -0.25) is 19.4 Å². The second-order valence-electron chi connectivity index (χ2n) is 14.0. The summed E-state index contributed by atoms with van der Waals surface area (Å²) in [6, 6.07) is 7.63. The van der Waals surface area contributed by atoms with Crippen molar-refractivity contribution in [3.05, 3.63) is 53.6 Å². The highest BCUT2D eigenvalue weighted by molar-refractivity contribution is 6.48. The molecule has 2 saturated heterocycles. The van der Waals surface area contributed by atoms with Gasteiger partial charge in [-0.15, -0.1) is 0 Å². The zero-order chi connectivity index (χ0) is 34.1. The Balaban J connectivity index is 1.22. The largest absolute Gasteiger partial charge is 0.497 e. The number of carbonyl (C=O) groups is 3. The van der Waals surface area contributed by atoms with Gasteiger partial charge in [-0.05, 0) is 61.1 Å². The van der Waals surface area contributed by atoms with Crippen molar-refractivity contribution in [2.75, 3.05) is 40.0 Å². The first-order valence-electron chi connectivity index (χ1n) is 16.8. The van der Waals surface area contributed by atoms with E-state index in [0.717, 1.165) is 24.2 Å². The SMILES string of the molecule is COc1ccc(COCC[C@H](NC(=O)[C@H](CC(=O)N2CCOCC2)c2nccnc2C(N)=O)B2O[C@@H]3C[C@@H]4C[C@@H](C4(C)C)[C@]3(C)O2)cc1. The summed E-state index contributed by atoms with van der Waals surface area (Å²) in [5.74, 6) is -1.70. The van der Waals surface area contributed by atoms with Crippen molar-refractivity contribution < 1.29 is 37.9 Å². The molecule has 0 unspecified atom stereocenters. The highest BCUT2D eigenvalue weighted by Gasteiger charge is 2.68. The lowest BCUT2D eigenvalue weighted by molar-refractivity contribution is -0.199. The van der Waals surface area contributed by atoms with Crippen LogP contribution in [0.15, 0.2) is 36.7 Å². The Hall–Kier alpha value is -3.59. The van der Waals surface area contributed by atoms with Crippen LogP contribution in [-0.4, -0.2) is 97.4 Å². The van der Waals surface area contributed by atoms with Gasteiger partial charge in [0.2, 0.25) is 11.8 Å². The summed E-state index contributed by atoms with van der Waals surface area (Å²) in [6.07, 6.45) is 4.75. The molecule has 3 aliphatic carbocycles. The smallest absolute Gasteiger partial charge is 0.481 e. The molecule has 7 rings (SSSR count). The van der Waals surface area contributed by atoms with E-state index in [9.17, 15) is 14.4 Å². The first kappa shape index (κ1) is 34.3. The zero-order valence-corrected chi connectivity index (χ0v) is 28.2. The molecule has 3 heterocycles. The van der Waals surface area contributed by atoms with E-state index >= 15 is 0 Å². The fourth-order valence-electron chi connectivity index (χ4n) is 7.98. The predicted molar refractivity (Wildman–Crippen MR) is 175 cm³/mol. The van der Waals surface area contributed by atoms with Crippen LogP contribution in [0.1, 0.15) is 74.1 Å². The lowest BCUT2D eigenvalue weighted by Crippen LogP contribution is -2.65. The minimum Gasteiger partial charge on any atom is -0.497 e. The quantitative estimate of drug-likeness (QED) is 0.240. The van der Waals surface area contributed by atoms with Crippen LogP contribution in [0, 0.1) is 17.3 Å². The number of hydrogen-bond donors (Lipinski definition) is 2. The van der Waals surface area contributed by atoms with Crippen molar-refractivity contribution >= 4 is 24.8 Å². The summed E-state index contributed by atoms with van der Waals surface area (Å²) >= 11 is 0.